The number of pyridine rings is 1. The molecule has 3 heterocycles. The molecule has 0 aliphatic carbocycles. The van der Waals surface area contributed by atoms with Gasteiger partial charge in [0.25, 0.3) is 5.56 Å². The predicted octanol–water partition coefficient (Wildman–Crippen LogP) is 3.55. The molecule has 1 aliphatic heterocycles. The maximum atomic E-state index is 14.2. The molecule has 4 rings (SSSR count). The number of nitrogens with one attached hydrogen (secondary N) is 1. The Balaban J connectivity index is 1.65. The molecule has 0 fully saturated rings. The van der Waals surface area contributed by atoms with Gasteiger partial charge < -0.3 is 4.98 Å². The number of nitrogens with zero attached hydrogens (tertiary/aromatic N) is 3. The molecule has 1 aromatic carbocycles. The third-order valence-corrected chi connectivity index (χ3v) is 4.91. The molecular weight excluding hydrogens is 388 g/mol. The number of rotatable bonds is 3. The van der Waals surface area contributed by atoms with Crippen LogP contribution < -0.4 is 5.56 Å². The number of fused-ring (bicyclic) bond motifs is 1. The van der Waals surface area contributed by atoms with Crippen LogP contribution in [-0.2, 0) is 25.7 Å². The summed E-state index contributed by atoms with van der Waals surface area (Å²) in [7, 11) is 0. The van der Waals surface area contributed by atoms with Gasteiger partial charge in [-0.1, -0.05) is 6.07 Å². The Hall–Kier alpha value is -3.07. The lowest BCUT2D eigenvalue weighted by Gasteiger charge is -2.28. The first-order valence-electron chi connectivity index (χ1n) is 8.92. The van der Waals surface area contributed by atoms with Crippen LogP contribution in [0.2, 0.25) is 0 Å². The summed E-state index contributed by atoms with van der Waals surface area (Å²) in [5.41, 5.74) is -0.00329. The van der Waals surface area contributed by atoms with Crippen molar-refractivity contribution in [3.05, 3.63) is 81.3 Å². The van der Waals surface area contributed by atoms with E-state index >= 15 is 0 Å². The molecule has 1 aliphatic rings. The molecule has 29 heavy (non-hydrogen) atoms. The van der Waals surface area contributed by atoms with E-state index in [-0.39, 0.29) is 18.6 Å². The summed E-state index contributed by atoms with van der Waals surface area (Å²) in [5, 5.41) is 0. The van der Waals surface area contributed by atoms with Crippen LogP contribution in [0, 0.1) is 5.82 Å². The second kappa shape index (κ2) is 7.40. The first-order chi connectivity index (χ1) is 13.8. The molecule has 150 valence electrons. The highest BCUT2D eigenvalue weighted by Crippen LogP contribution is 2.34. The van der Waals surface area contributed by atoms with Crippen LogP contribution in [-0.4, -0.2) is 26.4 Å². The lowest BCUT2D eigenvalue weighted by atomic mass is 10.0. The third-order valence-electron chi connectivity index (χ3n) is 4.91. The van der Waals surface area contributed by atoms with Crippen LogP contribution in [0.1, 0.15) is 22.4 Å². The summed E-state index contributed by atoms with van der Waals surface area (Å²) < 4.78 is 54.0. The normalized spacial score (nSPS) is 14.6. The molecule has 0 bridgehead atoms. The molecule has 0 amide bonds. The van der Waals surface area contributed by atoms with Crippen LogP contribution in [0.3, 0.4) is 0 Å². The summed E-state index contributed by atoms with van der Waals surface area (Å²) in [6, 6.07) is 6.34. The van der Waals surface area contributed by atoms with E-state index in [0.29, 0.717) is 35.6 Å². The van der Waals surface area contributed by atoms with Crippen molar-refractivity contribution in [1.82, 2.24) is 19.9 Å². The molecule has 1 N–H and O–H groups in total. The summed E-state index contributed by atoms with van der Waals surface area (Å²) >= 11 is 0. The van der Waals surface area contributed by atoms with Gasteiger partial charge in [0.15, 0.2) is 0 Å². The second-order valence-electron chi connectivity index (χ2n) is 6.80. The molecule has 0 saturated carbocycles. The Bertz CT molecular complexity index is 1100. The molecule has 2 aromatic heterocycles. The Morgan fingerprint density at radius 2 is 1.90 bits per heavy atom. The van der Waals surface area contributed by atoms with E-state index in [4.69, 9.17) is 0 Å². The fourth-order valence-electron chi connectivity index (χ4n) is 3.48. The van der Waals surface area contributed by atoms with Crippen molar-refractivity contribution in [3.63, 3.8) is 0 Å². The smallest absolute Gasteiger partial charge is 0.306 e. The minimum atomic E-state index is -4.64. The molecule has 3 aromatic rings. The average Bonchev–Trinajstić information content (AvgIpc) is 2.69. The summed E-state index contributed by atoms with van der Waals surface area (Å²) in [6.07, 6.45) is -1.19. The van der Waals surface area contributed by atoms with Gasteiger partial charge in [-0.25, -0.2) is 9.37 Å². The Morgan fingerprint density at radius 3 is 2.62 bits per heavy atom. The highest BCUT2D eigenvalue weighted by Gasteiger charge is 2.35. The van der Waals surface area contributed by atoms with Crippen molar-refractivity contribution < 1.29 is 17.6 Å². The van der Waals surface area contributed by atoms with E-state index in [1.165, 1.54) is 0 Å². The fourth-order valence-corrected chi connectivity index (χ4v) is 3.48. The van der Waals surface area contributed by atoms with Gasteiger partial charge in [-0.3, -0.25) is 14.7 Å². The lowest BCUT2D eigenvalue weighted by molar-refractivity contribution is -0.138. The van der Waals surface area contributed by atoms with E-state index in [2.05, 4.69) is 15.0 Å². The maximum absolute atomic E-state index is 14.2. The second-order valence-corrected chi connectivity index (χ2v) is 6.80. The Kier molecular flexibility index (Phi) is 4.91. The number of aromatic nitrogens is 3. The predicted molar refractivity (Wildman–Crippen MR) is 97.3 cm³/mol. The van der Waals surface area contributed by atoms with Crippen molar-refractivity contribution >= 4 is 0 Å². The lowest BCUT2D eigenvalue weighted by Crippen LogP contribution is -2.35. The topological polar surface area (TPSA) is 61.9 Å². The molecular formula is C20H16F4N4O. The van der Waals surface area contributed by atoms with Crippen LogP contribution in [0.5, 0.6) is 0 Å². The molecule has 0 radical (unpaired) electrons. The van der Waals surface area contributed by atoms with E-state index in [1.807, 2.05) is 0 Å². The number of H-pyrrole nitrogens is 1. The van der Waals surface area contributed by atoms with Crippen LogP contribution in [0.15, 0.2) is 47.5 Å². The van der Waals surface area contributed by atoms with Crippen LogP contribution >= 0.6 is 0 Å². The van der Waals surface area contributed by atoms with Gasteiger partial charge in [-0.2, -0.15) is 13.2 Å². The summed E-state index contributed by atoms with van der Waals surface area (Å²) in [5.74, 6) is -0.540. The maximum Gasteiger partial charge on any atom is 0.416 e. The van der Waals surface area contributed by atoms with Crippen molar-refractivity contribution in [1.29, 1.82) is 0 Å². The first kappa shape index (κ1) is 19.3. The summed E-state index contributed by atoms with van der Waals surface area (Å²) in [4.78, 5) is 25.2. The zero-order chi connectivity index (χ0) is 20.6. The number of alkyl halides is 3. The van der Waals surface area contributed by atoms with Crippen molar-refractivity contribution in [3.8, 4) is 11.4 Å². The number of hydrogen-bond acceptors (Lipinski definition) is 4. The van der Waals surface area contributed by atoms with Crippen molar-refractivity contribution in [2.45, 2.75) is 25.7 Å². The Labute approximate surface area is 163 Å². The van der Waals surface area contributed by atoms with E-state index in [9.17, 15) is 22.4 Å². The molecule has 9 heteroatoms. The monoisotopic (exact) mass is 404 g/mol. The van der Waals surface area contributed by atoms with Gasteiger partial charge >= 0.3 is 6.18 Å². The van der Waals surface area contributed by atoms with Gasteiger partial charge in [0.2, 0.25) is 0 Å². The molecule has 0 saturated heterocycles. The fraction of sp³-hybridized carbons (Fsp3) is 0.250. The quantitative estimate of drug-likeness (QED) is 0.679. The van der Waals surface area contributed by atoms with Gasteiger partial charge in [0.1, 0.15) is 11.6 Å². The molecule has 0 atom stereocenters. The SMILES string of the molecule is O=c1[nH]c(-c2ccncc2)nc2c1CCN(Cc1c(F)cccc1C(F)(F)F)C2. The van der Waals surface area contributed by atoms with Gasteiger partial charge in [-0.05, 0) is 30.7 Å². The van der Waals surface area contributed by atoms with Crippen molar-refractivity contribution in [2.24, 2.45) is 0 Å². The van der Waals surface area contributed by atoms with E-state index in [0.717, 1.165) is 18.2 Å². The van der Waals surface area contributed by atoms with Gasteiger partial charge in [0, 0.05) is 48.7 Å². The van der Waals surface area contributed by atoms with Crippen LogP contribution in [0.25, 0.3) is 11.4 Å². The average molecular weight is 404 g/mol. The highest BCUT2D eigenvalue weighted by atomic mass is 19.4. The molecule has 0 unspecified atom stereocenters. The highest BCUT2D eigenvalue weighted by molar-refractivity contribution is 5.54. The van der Waals surface area contributed by atoms with Gasteiger partial charge in [-0.15, -0.1) is 0 Å². The number of hydrogen-bond donors (Lipinski definition) is 1. The van der Waals surface area contributed by atoms with Gasteiger partial charge in [0.05, 0.1) is 11.3 Å². The van der Waals surface area contributed by atoms with Crippen molar-refractivity contribution in [2.75, 3.05) is 6.54 Å². The molecule has 0 spiro atoms. The minimum Gasteiger partial charge on any atom is -0.306 e. The van der Waals surface area contributed by atoms with Crippen LogP contribution in [0.4, 0.5) is 17.6 Å². The van der Waals surface area contributed by atoms with E-state index < -0.39 is 23.1 Å². The largest absolute Gasteiger partial charge is 0.416 e. The third kappa shape index (κ3) is 3.91. The van der Waals surface area contributed by atoms with E-state index in [1.54, 1.807) is 29.4 Å². The minimum absolute atomic E-state index is 0.156. The first-order valence-corrected chi connectivity index (χ1v) is 8.92. The number of halogens is 4. The molecule has 5 nitrogen and oxygen atoms in total. The zero-order valence-corrected chi connectivity index (χ0v) is 15.1. The number of benzene rings is 1. The Morgan fingerprint density at radius 1 is 1.14 bits per heavy atom. The standard InChI is InChI=1S/C20H16F4N4O/c21-16-3-1-2-15(20(22,23)24)14(16)10-28-9-6-13-17(11-28)26-18(27-19(13)29)12-4-7-25-8-5-12/h1-5,7-8H,6,9-11H2,(H,26,27,29). The zero-order valence-electron chi connectivity index (χ0n) is 15.1. The summed E-state index contributed by atoms with van der Waals surface area (Å²) in [6.45, 7) is 0.265. The number of aromatic amines is 1.